The van der Waals surface area contributed by atoms with Gasteiger partial charge in [0.05, 0.1) is 13.1 Å². The minimum atomic E-state index is -0.217. The maximum atomic E-state index is 12.2. The highest BCUT2D eigenvalue weighted by Crippen LogP contribution is 2.17. The number of thiophene rings is 1. The molecule has 0 unspecified atom stereocenters. The van der Waals surface area contributed by atoms with E-state index in [9.17, 15) is 9.59 Å². The Bertz CT molecular complexity index is 701. The number of nitrogens with one attached hydrogen (secondary N) is 1. The average molecular weight is 330 g/mol. The molecule has 4 nitrogen and oxygen atoms in total. The second kappa shape index (κ2) is 7.42. The molecule has 0 aliphatic rings. The molecule has 5 heteroatoms. The van der Waals surface area contributed by atoms with E-state index in [4.69, 9.17) is 0 Å². The van der Waals surface area contributed by atoms with Gasteiger partial charge in [0.15, 0.2) is 0 Å². The largest absolute Gasteiger partial charge is 0.343 e. The van der Waals surface area contributed by atoms with Gasteiger partial charge in [0, 0.05) is 17.5 Å². The maximum Gasteiger partial charge on any atom is 0.251 e. The number of rotatable bonds is 5. The molecule has 1 aromatic carbocycles. The monoisotopic (exact) mass is 330 g/mol. The summed E-state index contributed by atoms with van der Waals surface area (Å²) in [5.41, 5.74) is 3.85. The summed E-state index contributed by atoms with van der Waals surface area (Å²) < 4.78 is 0. The highest BCUT2D eigenvalue weighted by atomic mass is 32.1. The molecule has 0 spiro atoms. The summed E-state index contributed by atoms with van der Waals surface area (Å²) in [5, 5.41) is 4.72. The zero-order valence-corrected chi connectivity index (χ0v) is 14.8. The molecule has 23 heavy (non-hydrogen) atoms. The van der Waals surface area contributed by atoms with Gasteiger partial charge < -0.3 is 10.2 Å². The molecule has 0 saturated heterocycles. The SMILES string of the molecule is Cc1cc(C)cc(C(=O)NCC(=O)N(C)Cc2sccc2C)c1. The van der Waals surface area contributed by atoms with Gasteiger partial charge in [-0.3, -0.25) is 9.59 Å². The number of aryl methyl sites for hydroxylation is 3. The van der Waals surface area contributed by atoms with Crippen molar-refractivity contribution >= 4 is 23.2 Å². The summed E-state index contributed by atoms with van der Waals surface area (Å²) in [6.07, 6.45) is 0. The molecule has 2 amide bonds. The maximum absolute atomic E-state index is 12.2. The predicted molar refractivity (Wildman–Crippen MR) is 93.8 cm³/mol. The van der Waals surface area contributed by atoms with Crippen LogP contribution in [0.4, 0.5) is 0 Å². The molecule has 0 saturated carbocycles. The molecule has 0 atom stereocenters. The normalized spacial score (nSPS) is 10.4. The van der Waals surface area contributed by atoms with Gasteiger partial charge in [-0.15, -0.1) is 11.3 Å². The van der Waals surface area contributed by atoms with Crippen molar-refractivity contribution in [2.45, 2.75) is 27.3 Å². The predicted octanol–water partition coefficient (Wildman–Crippen LogP) is 3.06. The number of benzene rings is 1. The van der Waals surface area contributed by atoms with Crippen molar-refractivity contribution in [2.24, 2.45) is 0 Å². The van der Waals surface area contributed by atoms with E-state index in [-0.39, 0.29) is 18.4 Å². The molecule has 122 valence electrons. The Morgan fingerprint density at radius 3 is 2.35 bits per heavy atom. The second-order valence-corrected chi connectivity index (χ2v) is 6.84. The lowest BCUT2D eigenvalue weighted by Crippen LogP contribution is -2.37. The van der Waals surface area contributed by atoms with Crippen LogP contribution >= 0.6 is 11.3 Å². The quantitative estimate of drug-likeness (QED) is 0.916. The van der Waals surface area contributed by atoms with Crippen molar-refractivity contribution < 1.29 is 9.59 Å². The van der Waals surface area contributed by atoms with Crippen LogP contribution < -0.4 is 5.32 Å². The van der Waals surface area contributed by atoms with Crippen molar-refractivity contribution in [3.8, 4) is 0 Å². The lowest BCUT2D eigenvalue weighted by Gasteiger charge is -2.17. The van der Waals surface area contributed by atoms with Crippen LogP contribution in [0.25, 0.3) is 0 Å². The van der Waals surface area contributed by atoms with Gasteiger partial charge in [0.25, 0.3) is 5.91 Å². The van der Waals surface area contributed by atoms with Gasteiger partial charge in [-0.2, -0.15) is 0 Å². The minimum Gasteiger partial charge on any atom is -0.343 e. The fourth-order valence-electron chi connectivity index (χ4n) is 2.37. The Hall–Kier alpha value is -2.14. The number of amides is 2. The van der Waals surface area contributed by atoms with Crippen LogP contribution in [0.5, 0.6) is 0 Å². The van der Waals surface area contributed by atoms with Crippen LogP contribution in [-0.4, -0.2) is 30.3 Å². The third kappa shape index (κ3) is 4.66. The molecular weight excluding hydrogens is 308 g/mol. The third-order valence-electron chi connectivity index (χ3n) is 3.66. The molecule has 2 rings (SSSR count). The van der Waals surface area contributed by atoms with Crippen molar-refractivity contribution in [1.29, 1.82) is 0 Å². The average Bonchev–Trinajstić information content (AvgIpc) is 2.88. The zero-order chi connectivity index (χ0) is 17.0. The summed E-state index contributed by atoms with van der Waals surface area (Å²) in [5.74, 6) is -0.318. The van der Waals surface area contributed by atoms with Crippen LogP contribution in [-0.2, 0) is 11.3 Å². The van der Waals surface area contributed by atoms with Gasteiger partial charge in [0.1, 0.15) is 0 Å². The van der Waals surface area contributed by atoms with Crippen LogP contribution in [0.15, 0.2) is 29.6 Å². The first kappa shape index (κ1) is 17.2. The number of hydrogen-bond acceptors (Lipinski definition) is 3. The molecular formula is C18H22N2O2S. The molecule has 1 heterocycles. The second-order valence-electron chi connectivity index (χ2n) is 5.84. The highest BCUT2D eigenvalue weighted by molar-refractivity contribution is 7.10. The van der Waals surface area contributed by atoms with Gasteiger partial charge in [-0.05, 0) is 49.9 Å². The van der Waals surface area contributed by atoms with E-state index in [1.54, 1.807) is 23.3 Å². The Kier molecular flexibility index (Phi) is 5.55. The van der Waals surface area contributed by atoms with Gasteiger partial charge in [-0.1, -0.05) is 17.2 Å². The number of carbonyl (C=O) groups is 2. The first-order valence-electron chi connectivity index (χ1n) is 7.50. The zero-order valence-electron chi connectivity index (χ0n) is 14.0. The lowest BCUT2D eigenvalue weighted by molar-refractivity contribution is -0.129. The molecule has 1 N–H and O–H groups in total. The summed E-state index contributed by atoms with van der Waals surface area (Å²) in [4.78, 5) is 27.1. The third-order valence-corrected chi connectivity index (χ3v) is 4.67. The first-order valence-corrected chi connectivity index (χ1v) is 8.38. The van der Waals surface area contributed by atoms with E-state index >= 15 is 0 Å². The summed E-state index contributed by atoms with van der Waals surface area (Å²) >= 11 is 1.64. The highest BCUT2D eigenvalue weighted by Gasteiger charge is 2.13. The van der Waals surface area contributed by atoms with E-state index in [1.165, 1.54) is 10.4 Å². The van der Waals surface area contributed by atoms with E-state index < -0.39 is 0 Å². The van der Waals surface area contributed by atoms with E-state index in [2.05, 4.69) is 5.32 Å². The van der Waals surface area contributed by atoms with Crippen molar-refractivity contribution in [3.05, 3.63) is 56.8 Å². The summed E-state index contributed by atoms with van der Waals surface area (Å²) in [6, 6.07) is 7.70. The Labute approximate surface area is 141 Å². The topological polar surface area (TPSA) is 49.4 Å². The van der Waals surface area contributed by atoms with Crippen LogP contribution in [0.3, 0.4) is 0 Å². The number of carbonyl (C=O) groups excluding carboxylic acids is 2. The van der Waals surface area contributed by atoms with Crippen molar-refractivity contribution in [2.75, 3.05) is 13.6 Å². The van der Waals surface area contributed by atoms with E-state index in [0.29, 0.717) is 12.1 Å². The van der Waals surface area contributed by atoms with Gasteiger partial charge in [-0.25, -0.2) is 0 Å². The Morgan fingerprint density at radius 1 is 1.13 bits per heavy atom. The molecule has 0 radical (unpaired) electrons. The van der Waals surface area contributed by atoms with Gasteiger partial charge in [0.2, 0.25) is 5.91 Å². The lowest BCUT2D eigenvalue weighted by atomic mass is 10.1. The summed E-state index contributed by atoms with van der Waals surface area (Å²) in [6.45, 7) is 6.51. The fourth-order valence-corrected chi connectivity index (χ4v) is 3.33. The minimum absolute atomic E-state index is 0.00669. The molecule has 0 aliphatic heterocycles. The number of hydrogen-bond donors (Lipinski definition) is 1. The number of nitrogens with zero attached hydrogens (tertiary/aromatic N) is 1. The Balaban J connectivity index is 1.90. The van der Waals surface area contributed by atoms with Crippen molar-refractivity contribution in [3.63, 3.8) is 0 Å². The fraction of sp³-hybridized carbons (Fsp3) is 0.333. The summed E-state index contributed by atoms with van der Waals surface area (Å²) in [7, 11) is 1.75. The standard InChI is InChI=1S/C18H22N2O2S/c1-12-7-13(2)9-15(8-12)18(22)19-10-17(21)20(4)11-16-14(3)5-6-23-16/h5-9H,10-11H2,1-4H3,(H,19,22). The van der Waals surface area contributed by atoms with Crippen LogP contribution in [0, 0.1) is 20.8 Å². The molecule has 0 bridgehead atoms. The molecule has 0 fully saturated rings. The molecule has 2 aromatic rings. The van der Waals surface area contributed by atoms with Crippen LogP contribution in [0.2, 0.25) is 0 Å². The first-order chi connectivity index (χ1) is 10.9. The van der Waals surface area contributed by atoms with E-state index in [0.717, 1.165) is 11.1 Å². The molecule has 1 aromatic heterocycles. The number of likely N-dealkylation sites (N-methyl/N-ethyl adjacent to an activating group) is 1. The van der Waals surface area contributed by atoms with Crippen LogP contribution in [0.1, 0.15) is 31.9 Å². The molecule has 0 aliphatic carbocycles. The van der Waals surface area contributed by atoms with Crippen molar-refractivity contribution in [1.82, 2.24) is 10.2 Å². The Morgan fingerprint density at radius 2 is 1.78 bits per heavy atom. The smallest absolute Gasteiger partial charge is 0.251 e. The van der Waals surface area contributed by atoms with E-state index in [1.807, 2.05) is 50.4 Å². The van der Waals surface area contributed by atoms with Gasteiger partial charge >= 0.3 is 0 Å².